The second-order valence-electron chi connectivity index (χ2n) is 6.79. The largest absolute Gasteiger partial charge is 0.268 e. The van der Waals surface area contributed by atoms with Gasteiger partial charge >= 0.3 is 0 Å². The second-order valence-corrected chi connectivity index (χ2v) is 6.79. The minimum atomic E-state index is -0.370. The van der Waals surface area contributed by atoms with Gasteiger partial charge in [-0.1, -0.05) is 48.6 Å². The molecule has 4 nitrogen and oxygen atoms in total. The SMILES string of the molecule is N#Cc1cc(N2C(=O)c3cccc4cccc(c34)C2=O)ccc1C1=CCC=C1. The summed E-state index contributed by atoms with van der Waals surface area (Å²) in [6, 6.07) is 18.2. The lowest BCUT2D eigenvalue weighted by atomic mass is 9.93. The van der Waals surface area contributed by atoms with Crippen LogP contribution in [0.4, 0.5) is 5.69 Å². The molecule has 4 heteroatoms. The van der Waals surface area contributed by atoms with Gasteiger partial charge in [0.2, 0.25) is 0 Å². The predicted molar refractivity (Wildman–Crippen MR) is 108 cm³/mol. The van der Waals surface area contributed by atoms with Crippen molar-refractivity contribution in [3.05, 3.63) is 95.1 Å². The quantitative estimate of drug-likeness (QED) is 0.612. The Morgan fingerprint density at radius 3 is 2.21 bits per heavy atom. The Labute approximate surface area is 161 Å². The van der Waals surface area contributed by atoms with Crippen molar-refractivity contribution in [3.8, 4) is 6.07 Å². The average molecular weight is 362 g/mol. The molecular formula is C24H14N2O2. The van der Waals surface area contributed by atoms with Crippen LogP contribution in [0.15, 0.2) is 72.8 Å². The van der Waals surface area contributed by atoms with Gasteiger partial charge in [-0.25, -0.2) is 4.90 Å². The van der Waals surface area contributed by atoms with E-state index >= 15 is 0 Å². The number of allylic oxidation sites excluding steroid dienone is 4. The van der Waals surface area contributed by atoms with Crippen molar-refractivity contribution in [1.29, 1.82) is 5.26 Å². The Morgan fingerprint density at radius 1 is 0.893 bits per heavy atom. The predicted octanol–water partition coefficient (Wildman–Crippen LogP) is 4.86. The minimum Gasteiger partial charge on any atom is -0.268 e. The molecule has 0 atom stereocenters. The number of amides is 2. The van der Waals surface area contributed by atoms with E-state index < -0.39 is 0 Å². The molecule has 1 aliphatic carbocycles. The van der Waals surface area contributed by atoms with Gasteiger partial charge in [0.1, 0.15) is 0 Å². The third kappa shape index (κ3) is 2.23. The van der Waals surface area contributed by atoms with Crippen molar-refractivity contribution in [2.75, 3.05) is 4.90 Å². The normalized spacial score (nSPS) is 15.1. The highest BCUT2D eigenvalue weighted by molar-refractivity contribution is 6.35. The highest BCUT2D eigenvalue weighted by atomic mass is 16.2. The van der Waals surface area contributed by atoms with Crippen LogP contribution in [0.3, 0.4) is 0 Å². The number of nitriles is 1. The molecule has 28 heavy (non-hydrogen) atoms. The van der Waals surface area contributed by atoms with E-state index in [1.54, 1.807) is 30.3 Å². The molecule has 0 aromatic heterocycles. The third-order valence-corrected chi connectivity index (χ3v) is 5.24. The molecular weight excluding hydrogens is 348 g/mol. The molecule has 5 rings (SSSR count). The molecule has 0 fully saturated rings. The van der Waals surface area contributed by atoms with Crippen molar-refractivity contribution in [3.63, 3.8) is 0 Å². The zero-order chi connectivity index (χ0) is 19.3. The number of carbonyl (C=O) groups is 2. The Hall–Kier alpha value is -3.97. The molecule has 0 spiro atoms. The number of benzene rings is 3. The van der Waals surface area contributed by atoms with Crippen LogP contribution in [0.1, 0.15) is 38.3 Å². The molecule has 0 saturated carbocycles. The lowest BCUT2D eigenvalue weighted by molar-refractivity contribution is 0.0893. The maximum atomic E-state index is 13.2. The molecule has 0 bridgehead atoms. The van der Waals surface area contributed by atoms with Gasteiger partial charge in [-0.3, -0.25) is 9.59 Å². The Bertz CT molecular complexity index is 1240. The average Bonchev–Trinajstić information content (AvgIpc) is 3.26. The first-order valence-electron chi connectivity index (χ1n) is 9.01. The summed E-state index contributed by atoms with van der Waals surface area (Å²) in [4.78, 5) is 27.5. The third-order valence-electron chi connectivity index (χ3n) is 5.24. The summed E-state index contributed by atoms with van der Waals surface area (Å²) in [5.74, 6) is -0.739. The van der Waals surface area contributed by atoms with Crippen LogP contribution in [-0.2, 0) is 0 Å². The summed E-state index contributed by atoms with van der Waals surface area (Å²) in [5.41, 5.74) is 3.62. The lowest BCUT2D eigenvalue weighted by Gasteiger charge is -2.27. The van der Waals surface area contributed by atoms with E-state index in [0.717, 1.165) is 22.9 Å². The Morgan fingerprint density at radius 2 is 1.61 bits per heavy atom. The molecule has 3 aromatic rings. The molecule has 0 N–H and O–H groups in total. The highest BCUT2D eigenvalue weighted by Gasteiger charge is 2.34. The first-order valence-corrected chi connectivity index (χ1v) is 9.01. The number of nitrogens with zero attached hydrogens (tertiary/aromatic N) is 2. The van der Waals surface area contributed by atoms with Crippen LogP contribution in [0, 0.1) is 11.3 Å². The van der Waals surface area contributed by atoms with Crippen molar-refractivity contribution in [1.82, 2.24) is 0 Å². The van der Waals surface area contributed by atoms with Gasteiger partial charge in [-0.2, -0.15) is 5.26 Å². The minimum absolute atomic E-state index is 0.370. The van der Waals surface area contributed by atoms with Gasteiger partial charge in [-0.05, 0) is 47.2 Å². The zero-order valence-electron chi connectivity index (χ0n) is 14.8. The summed E-state index contributed by atoms with van der Waals surface area (Å²) < 4.78 is 0. The summed E-state index contributed by atoms with van der Waals surface area (Å²) in [6.07, 6.45) is 6.89. The van der Waals surface area contributed by atoms with Crippen molar-refractivity contribution in [2.45, 2.75) is 6.42 Å². The molecule has 132 valence electrons. The zero-order valence-corrected chi connectivity index (χ0v) is 14.8. The van der Waals surface area contributed by atoms with Crippen LogP contribution >= 0.6 is 0 Å². The maximum absolute atomic E-state index is 13.2. The van der Waals surface area contributed by atoms with Gasteiger partial charge in [0.25, 0.3) is 11.8 Å². The van der Waals surface area contributed by atoms with Gasteiger partial charge in [-0.15, -0.1) is 0 Å². The molecule has 2 aliphatic rings. The van der Waals surface area contributed by atoms with Crippen molar-refractivity contribution >= 4 is 33.8 Å². The monoisotopic (exact) mass is 362 g/mol. The van der Waals surface area contributed by atoms with Crippen LogP contribution in [0.5, 0.6) is 0 Å². The summed E-state index contributed by atoms with van der Waals surface area (Å²) in [6.45, 7) is 0. The van der Waals surface area contributed by atoms with Crippen LogP contribution < -0.4 is 4.90 Å². The van der Waals surface area contributed by atoms with E-state index in [9.17, 15) is 14.9 Å². The van der Waals surface area contributed by atoms with E-state index in [1.807, 2.05) is 42.5 Å². The highest BCUT2D eigenvalue weighted by Crippen LogP contribution is 2.34. The summed E-state index contributed by atoms with van der Waals surface area (Å²) in [5, 5.41) is 11.2. The lowest BCUT2D eigenvalue weighted by Crippen LogP contribution is -2.40. The van der Waals surface area contributed by atoms with E-state index in [1.165, 1.54) is 4.90 Å². The molecule has 3 aromatic carbocycles. The first kappa shape index (κ1) is 16.2. The first-order chi connectivity index (χ1) is 13.7. The number of imide groups is 1. The van der Waals surface area contributed by atoms with Gasteiger partial charge in [0, 0.05) is 16.5 Å². The number of hydrogen-bond donors (Lipinski definition) is 0. The van der Waals surface area contributed by atoms with Crippen molar-refractivity contribution < 1.29 is 9.59 Å². The van der Waals surface area contributed by atoms with E-state index in [-0.39, 0.29) is 11.8 Å². The van der Waals surface area contributed by atoms with Crippen LogP contribution in [0.2, 0.25) is 0 Å². The van der Waals surface area contributed by atoms with E-state index in [2.05, 4.69) is 6.07 Å². The number of carbonyl (C=O) groups excluding carboxylic acids is 2. The molecule has 0 radical (unpaired) electrons. The maximum Gasteiger partial charge on any atom is 0.265 e. The Kier molecular flexibility index (Phi) is 3.50. The van der Waals surface area contributed by atoms with Gasteiger partial charge in [0.05, 0.1) is 17.3 Å². The van der Waals surface area contributed by atoms with Gasteiger partial charge < -0.3 is 0 Å². The fourth-order valence-electron chi connectivity index (χ4n) is 3.94. The standard InChI is InChI=1S/C24H14N2O2/c25-14-17-13-18(11-12-19(17)15-5-1-2-6-15)26-23(27)20-9-3-7-16-8-4-10-21(22(16)20)24(26)28/h1,3-13H,2H2. The van der Waals surface area contributed by atoms with Crippen molar-refractivity contribution in [2.24, 2.45) is 0 Å². The summed E-state index contributed by atoms with van der Waals surface area (Å²) >= 11 is 0. The molecule has 2 amide bonds. The smallest absolute Gasteiger partial charge is 0.265 e. The fraction of sp³-hybridized carbons (Fsp3) is 0.0417. The summed E-state index contributed by atoms with van der Waals surface area (Å²) in [7, 11) is 0. The van der Waals surface area contributed by atoms with E-state index in [0.29, 0.717) is 27.8 Å². The number of rotatable bonds is 2. The Balaban J connectivity index is 1.67. The van der Waals surface area contributed by atoms with E-state index in [4.69, 9.17) is 0 Å². The molecule has 0 unspecified atom stereocenters. The van der Waals surface area contributed by atoms with Gasteiger partial charge in [0.15, 0.2) is 0 Å². The topological polar surface area (TPSA) is 61.2 Å². The number of anilines is 1. The second kappa shape index (κ2) is 6.04. The fourth-order valence-corrected chi connectivity index (χ4v) is 3.94. The molecule has 1 heterocycles. The molecule has 1 aliphatic heterocycles. The molecule has 0 saturated heterocycles. The van der Waals surface area contributed by atoms with Crippen LogP contribution in [-0.4, -0.2) is 11.8 Å². The number of hydrogen-bond acceptors (Lipinski definition) is 3. The van der Waals surface area contributed by atoms with Crippen LogP contribution in [0.25, 0.3) is 16.3 Å².